The third-order valence-corrected chi connectivity index (χ3v) is 4.65. The van der Waals surface area contributed by atoms with Gasteiger partial charge in [-0.15, -0.1) is 0 Å². The van der Waals surface area contributed by atoms with Crippen LogP contribution in [0.1, 0.15) is 18.9 Å². The number of likely N-dealkylation sites (N-methyl/N-ethyl adjacent to an activating group) is 1. The van der Waals surface area contributed by atoms with Crippen LogP contribution in [-0.4, -0.2) is 62.7 Å². The molecule has 2 heterocycles. The molecule has 1 aromatic carbocycles. The van der Waals surface area contributed by atoms with Crippen molar-refractivity contribution in [1.82, 2.24) is 15.5 Å². The van der Waals surface area contributed by atoms with E-state index < -0.39 is 6.04 Å². The van der Waals surface area contributed by atoms with Gasteiger partial charge in [-0.2, -0.15) is 0 Å². The van der Waals surface area contributed by atoms with Gasteiger partial charge >= 0.3 is 0 Å². The molecule has 2 N–H and O–H groups in total. The zero-order valence-corrected chi connectivity index (χ0v) is 15.2. The minimum absolute atomic E-state index is 0.0924. The second kappa shape index (κ2) is 8.27. The molecule has 142 valence electrons. The lowest BCUT2D eigenvalue weighted by atomic mass is 10.1. The summed E-state index contributed by atoms with van der Waals surface area (Å²) in [5.41, 5.74) is 0.797. The van der Waals surface area contributed by atoms with Gasteiger partial charge < -0.3 is 24.8 Å². The second-order valence-corrected chi connectivity index (χ2v) is 6.22. The molecule has 0 aliphatic carbocycles. The predicted octanol–water partition coefficient (Wildman–Crippen LogP) is 0.293. The zero-order valence-electron chi connectivity index (χ0n) is 15.2. The number of benzene rings is 1. The number of nitrogens with zero attached hydrogens (tertiary/aromatic N) is 1. The topological polar surface area (TPSA) is 89.1 Å². The van der Waals surface area contributed by atoms with Gasteiger partial charge in [0.05, 0.1) is 19.6 Å². The quantitative estimate of drug-likeness (QED) is 0.755. The van der Waals surface area contributed by atoms with Crippen molar-refractivity contribution in [2.45, 2.75) is 25.9 Å². The Balaban J connectivity index is 1.63. The number of ether oxygens (including phenoxy) is 3. The summed E-state index contributed by atoms with van der Waals surface area (Å²) in [6.07, 6.45) is 0.131. The monoisotopic (exact) mass is 363 g/mol. The number of methoxy groups -OCH3 is 1. The number of fused-ring (bicyclic) bond motifs is 1. The van der Waals surface area contributed by atoms with Gasteiger partial charge in [-0.1, -0.05) is 6.92 Å². The van der Waals surface area contributed by atoms with Crippen LogP contribution in [0.4, 0.5) is 0 Å². The van der Waals surface area contributed by atoms with Crippen molar-refractivity contribution in [2.75, 3.05) is 40.0 Å². The Hall–Kier alpha value is -2.48. The average molecular weight is 363 g/mol. The van der Waals surface area contributed by atoms with E-state index in [0.29, 0.717) is 43.6 Å². The molecular weight excluding hydrogens is 338 g/mol. The molecule has 1 fully saturated rings. The predicted molar refractivity (Wildman–Crippen MR) is 94.5 cm³/mol. The number of rotatable bonds is 6. The summed E-state index contributed by atoms with van der Waals surface area (Å²) in [5, 5.41) is 5.69. The largest absolute Gasteiger partial charge is 0.496 e. The molecule has 1 aromatic rings. The maximum Gasteiger partial charge on any atom is 0.237 e. The van der Waals surface area contributed by atoms with Crippen molar-refractivity contribution >= 4 is 11.8 Å². The Morgan fingerprint density at radius 1 is 1.35 bits per heavy atom. The van der Waals surface area contributed by atoms with Gasteiger partial charge in [0.25, 0.3) is 0 Å². The molecule has 0 spiro atoms. The highest BCUT2D eigenvalue weighted by Crippen LogP contribution is 2.36. The number of nitrogens with one attached hydrogen (secondary N) is 2. The van der Waals surface area contributed by atoms with E-state index in [4.69, 9.17) is 14.2 Å². The minimum atomic E-state index is -0.420. The van der Waals surface area contributed by atoms with Crippen molar-refractivity contribution < 1.29 is 23.8 Å². The van der Waals surface area contributed by atoms with Gasteiger partial charge in [0.2, 0.25) is 11.8 Å². The van der Waals surface area contributed by atoms with Gasteiger partial charge in [-0.25, -0.2) is 0 Å². The number of amides is 2. The van der Waals surface area contributed by atoms with Crippen molar-refractivity contribution in [3.8, 4) is 17.2 Å². The number of hydrogen-bond acceptors (Lipinski definition) is 6. The number of carbonyl (C=O) groups is 2. The van der Waals surface area contributed by atoms with Gasteiger partial charge in [-0.3, -0.25) is 14.5 Å². The summed E-state index contributed by atoms with van der Waals surface area (Å²) in [7, 11) is 1.57. The van der Waals surface area contributed by atoms with Crippen LogP contribution in [0.2, 0.25) is 0 Å². The molecule has 2 aliphatic rings. The minimum Gasteiger partial charge on any atom is -0.496 e. The highest BCUT2D eigenvalue weighted by molar-refractivity contribution is 5.88. The zero-order chi connectivity index (χ0) is 18.5. The maximum atomic E-state index is 12.4. The fourth-order valence-electron chi connectivity index (χ4n) is 3.24. The van der Waals surface area contributed by atoms with Crippen LogP contribution in [0.5, 0.6) is 17.2 Å². The van der Waals surface area contributed by atoms with Crippen molar-refractivity contribution in [1.29, 1.82) is 0 Å². The highest BCUT2D eigenvalue weighted by Gasteiger charge is 2.30. The fraction of sp³-hybridized carbons (Fsp3) is 0.556. The average Bonchev–Trinajstić information content (AvgIpc) is 2.67. The molecule has 3 rings (SSSR count). The Kier molecular flexibility index (Phi) is 5.82. The Morgan fingerprint density at radius 3 is 2.77 bits per heavy atom. The van der Waals surface area contributed by atoms with E-state index >= 15 is 0 Å². The van der Waals surface area contributed by atoms with E-state index in [1.54, 1.807) is 13.2 Å². The van der Waals surface area contributed by atoms with Crippen molar-refractivity contribution in [3.63, 3.8) is 0 Å². The lowest BCUT2D eigenvalue weighted by molar-refractivity contribution is -0.133. The summed E-state index contributed by atoms with van der Waals surface area (Å²) < 4.78 is 16.5. The molecule has 1 atom stereocenters. The number of piperazine rings is 1. The van der Waals surface area contributed by atoms with E-state index in [0.717, 1.165) is 18.7 Å². The van der Waals surface area contributed by atoms with Crippen molar-refractivity contribution in [2.24, 2.45) is 0 Å². The molecule has 2 amide bonds. The third-order valence-electron chi connectivity index (χ3n) is 4.65. The van der Waals surface area contributed by atoms with Crippen molar-refractivity contribution in [3.05, 3.63) is 17.7 Å². The van der Waals surface area contributed by atoms with Gasteiger partial charge in [0, 0.05) is 31.3 Å². The summed E-state index contributed by atoms with van der Waals surface area (Å²) >= 11 is 0. The molecular formula is C18H25N3O5. The lowest BCUT2D eigenvalue weighted by Crippen LogP contribution is -2.56. The van der Waals surface area contributed by atoms with E-state index in [1.165, 1.54) is 0 Å². The Labute approximate surface area is 152 Å². The summed E-state index contributed by atoms with van der Waals surface area (Å²) in [5.74, 6) is 1.64. The van der Waals surface area contributed by atoms with E-state index in [-0.39, 0.29) is 18.2 Å². The Bertz CT molecular complexity index is 679. The van der Waals surface area contributed by atoms with Crippen LogP contribution in [-0.2, 0) is 16.1 Å². The molecule has 0 saturated carbocycles. The van der Waals surface area contributed by atoms with E-state index in [1.807, 2.05) is 17.9 Å². The number of carbonyl (C=O) groups excluding carboxylic acids is 2. The van der Waals surface area contributed by atoms with Crippen LogP contribution < -0.4 is 24.8 Å². The van der Waals surface area contributed by atoms with Crippen LogP contribution in [0.25, 0.3) is 0 Å². The van der Waals surface area contributed by atoms with E-state index in [9.17, 15) is 9.59 Å². The fourth-order valence-corrected chi connectivity index (χ4v) is 3.24. The Morgan fingerprint density at radius 2 is 2.08 bits per heavy atom. The molecule has 0 aromatic heterocycles. The molecule has 2 aliphatic heterocycles. The standard InChI is InChI=1S/C18H25N3O5/c1-3-21-5-4-19-18(23)13(21)9-17(22)20-11-12-8-15-16(10-14(12)24-2)26-7-6-25-15/h8,10,13H,3-7,9,11H2,1-2H3,(H,19,23)(H,20,22)/t13-/m1/s1. The molecule has 1 saturated heterocycles. The summed E-state index contributed by atoms with van der Waals surface area (Å²) in [6.45, 7) is 5.40. The van der Waals surface area contributed by atoms with Gasteiger partial charge in [0.15, 0.2) is 11.5 Å². The molecule has 0 radical (unpaired) electrons. The highest BCUT2D eigenvalue weighted by atomic mass is 16.6. The molecule has 8 heteroatoms. The molecule has 26 heavy (non-hydrogen) atoms. The summed E-state index contributed by atoms with van der Waals surface area (Å²) in [6, 6.07) is 3.17. The first-order valence-electron chi connectivity index (χ1n) is 8.87. The normalized spacial score (nSPS) is 19.6. The van der Waals surface area contributed by atoms with Crippen LogP contribution in [0.3, 0.4) is 0 Å². The summed E-state index contributed by atoms with van der Waals surface area (Å²) in [4.78, 5) is 26.4. The number of hydrogen-bond donors (Lipinski definition) is 2. The molecule has 0 unspecified atom stereocenters. The SMILES string of the molecule is CCN1CCNC(=O)[C@H]1CC(=O)NCc1cc2c(cc1OC)OCCO2. The van der Waals surface area contributed by atoms with Crippen LogP contribution in [0, 0.1) is 0 Å². The first-order valence-corrected chi connectivity index (χ1v) is 8.87. The third kappa shape index (κ3) is 4.01. The van der Waals surface area contributed by atoms with Gasteiger partial charge in [-0.05, 0) is 12.6 Å². The smallest absolute Gasteiger partial charge is 0.237 e. The van der Waals surface area contributed by atoms with E-state index in [2.05, 4.69) is 10.6 Å². The maximum absolute atomic E-state index is 12.4. The second-order valence-electron chi connectivity index (χ2n) is 6.22. The lowest BCUT2D eigenvalue weighted by Gasteiger charge is -2.33. The first kappa shape index (κ1) is 18.3. The molecule has 8 nitrogen and oxygen atoms in total. The first-order chi connectivity index (χ1) is 12.6. The molecule has 0 bridgehead atoms. The van der Waals surface area contributed by atoms with Crippen LogP contribution >= 0.6 is 0 Å². The van der Waals surface area contributed by atoms with Crippen LogP contribution in [0.15, 0.2) is 12.1 Å². The van der Waals surface area contributed by atoms with Gasteiger partial charge in [0.1, 0.15) is 19.0 Å².